The maximum atomic E-state index is 9.52. The zero-order chi connectivity index (χ0) is 13.7. The molecule has 0 aliphatic rings. The molecule has 2 aromatic rings. The second-order valence-electron chi connectivity index (χ2n) is 4.88. The first-order chi connectivity index (χ1) is 9.20. The first-order valence-corrected chi connectivity index (χ1v) is 6.86. The smallest absolute Gasteiger partial charge is 0.158 e. The lowest BCUT2D eigenvalue weighted by atomic mass is 10.0. The van der Waals surface area contributed by atoms with Crippen LogP contribution in [0.2, 0.25) is 0 Å². The second-order valence-corrected chi connectivity index (χ2v) is 4.88. The number of phenols is 2. The average Bonchev–Trinajstić information content (AvgIpc) is 2.40. The SMILES string of the molecule is CCCCNCCc1ccc2cc(O)c(O)cc2c1. The zero-order valence-electron chi connectivity index (χ0n) is 11.3. The molecule has 0 aromatic heterocycles. The Labute approximate surface area is 113 Å². The highest BCUT2D eigenvalue weighted by Crippen LogP contribution is 2.30. The van der Waals surface area contributed by atoms with Gasteiger partial charge in [0, 0.05) is 0 Å². The summed E-state index contributed by atoms with van der Waals surface area (Å²) in [4.78, 5) is 0. The monoisotopic (exact) mass is 259 g/mol. The molecule has 102 valence electrons. The summed E-state index contributed by atoms with van der Waals surface area (Å²) in [5, 5.41) is 24.3. The largest absolute Gasteiger partial charge is 0.504 e. The lowest BCUT2D eigenvalue weighted by Gasteiger charge is -2.07. The van der Waals surface area contributed by atoms with Gasteiger partial charge in [-0.25, -0.2) is 0 Å². The van der Waals surface area contributed by atoms with E-state index in [-0.39, 0.29) is 11.5 Å². The molecule has 0 bridgehead atoms. The number of rotatable bonds is 6. The molecular weight excluding hydrogens is 238 g/mol. The molecule has 0 unspecified atom stereocenters. The highest BCUT2D eigenvalue weighted by atomic mass is 16.3. The predicted molar refractivity (Wildman–Crippen MR) is 78.8 cm³/mol. The Balaban J connectivity index is 2.03. The van der Waals surface area contributed by atoms with E-state index in [1.165, 1.54) is 18.4 Å². The van der Waals surface area contributed by atoms with Gasteiger partial charge < -0.3 is 15.5 Å². The number of hydrogen-bond donors (Lipinski definition) is 3. The first-order valence-electron chi connectivity index (χ1n) is 6.86. The normalized spacial score (nSPS) is 11.0. The second kappa shape index (κ2) is 6.43. The fourth-order valence-corrected chi connectivity index (χ4v) is 2.14. The summed E-state index contributed by atoms with van der Waals surface area (Å²) in [6.45, 7) is 4.22. The standard InChI is InChI=1S/C16H21NO2/c1-2-3-7-17-8-6-12-4-5-13-10-15(18)16(19)11-14(13)9-12/h4-5,9-11,17-19H,2-3,6-8H2,1H3. The Bertz CT molecular complexity index is 552. The predicted octanol–water partition coefficient (Wildman–Crippen LogP) is 3.18. The van der Waals surface area contributed by atoms with E-state index >= 15 is 0 Å². The van der Waals surface area contributed by atoms with Gasteiger partial charge >= 0.3 is 0 Å². The van der Waals surface area contributed by atoms with Crippen LogP contribution in [0, 0.1) is 0 Å². The molecule has 3 N–H and O–H groups in total. The van der Waals surface area contributed by atoms with E-state index in [4.69, 9.17) is 0 Å². The number of nitrogens with one attached hydrogen (secondary N) is 1. The van der Waals surface area contributed by atoms with Crippen molar-refractivity contribution in [3.8, 4) is 11.5 Å². The third kappa shape index (κ3) is 3.61. The minimum absolute atomic E-state index is 0.0641. The molecule has 2 aromatic carbocycles. The molecule has 0 spiro atoms. The van der Waals surface area contributed by atoms with Crippen LogP contribution in [0.1, 0.15) is 25.3 Å². The van der Waals surface area contributed by atoms with E-state index in [2.05, 4.69) is 24.4 Å². The zero-order valence-corrected chi connectivity index (χ0v) is 11.3. The van der Waals surface area contributed by atoms with E-state index in [1.54, 1.807) is 12.1 Å². The topological polar surface area (TPSA) is 52.5 Å². The van der Waals surface area contributed by atoms with Gasteiger partial charge in [-0.3, -0.25) is 0 Å². The van der Waals surface area contributed by atoms with E-state index in [0.717, 1.165) is 30.3 Å². The number of aromatic hydroxyl groups is 2. The highest BCUT2D eigenvalue weighted by molar-refractivity contribution is 5.86. The van der Waals surface area contributed by atoms with Crippen LogP contribution in [0.15, 0.2) is 30.3 Å². The summed E-state index contributed by atoms with van der Waals surface area (Å²) in [6, 6.07) is 9.32. The van der Waals surface area contributed by atoms with Gasteiger partial charge in [0.25, 0.3) is 0 Å². The molecule has 2 rings (SSSR count). The minimum Gasteiger partial charge on any atom is -0.504 e. The molecule has 0 saturated heterocycles. The highest BCUT2D eigenvalue weighted by Gasteiger charge is 2.03. The lowest BCUT2D eigenvalue weighted by molar-refractivity contribution is 0.405. The van der Waals surface area contributed by atoms with E-state index in [0.29, 0.717) is 0 Å². The van der Waals surface area contributed by atoms with Gasteiger partial charge in [0.1, 0.15) is 0 Å². The maximum absolute atomic E-state index is 9.52. The number of hydrogen-bond acceptors (Lipinski definition) is 3. The third-order valence-electron chi connectivity index (χ3n) is 3.30. The number of benzene rings is 2. The molecule has 0 saturated carbocycles. The molecule has 0 heterocycles. The van der Waals surface area contributed by atoms with Gasteiger partial charge in [-0.1, -0.05) is 31.5 Å². The minimum atomic E-state index is -0.0681. The van der Waals surface area contributed by atoms with Crippen LogP contribution in [0.25, 0.3) is 10.8 Å². The van der Waals surface area contributed by atoms with Gasteiger partial charge in [-0.05, 0) is 54.4 Å². The number of fused-ring (bicyclic) bond motifs is 1. The van der Waals surface area contributed by atoms with Crippen LogP contribution in [0.4, 0.5) is 0 Å². The molecule has 0 aliphatic carbocycles. The van der Waals surface area contributed by atoms with Crippen molar-refractivity contribution < 1.29 is 10.2 Å². The van der Waals surface area contributed by atoms with Crippen LogP contribution in [0.3, 0.4) is 0 Å². The van der Waals surface area contributed by atoms with Crippen molar-refractivity contribution in [1.29, 1.82) is 0 Å². The van der Waals surface area contributed by atoms with Crippen molar-refractivity contribution in [3.63, 3.8) is 0 Å². The van der Waals surface area contributed by atoms with Crippen molar-refractivity contribution in [2.75, 3.05) is 13.1 Å². The van der Waals surface area contributed by atoms with Crippen molar-refractivity contribution in [2.24, 2.45) is 0 Å². The van der Waals surface area contributed by atoms with Crippen molar-refractivity contribution >= 4 is 10.8 Å². The summed E-state index contributed by atoms with van der Waals surface area (Å²) < 4.78 is 0. The molecular formula is C16H21NO2. The summed E-state index contributed by atoms with van der Waals surface area (Å²) in [5.74, 6) is -0.132. The van der Waals surface area contributed by atoms with Crippen LogP contribution in [0.5, 0.6) is 11.5 Å². The van der Waals surface area contributed by atoms with Crippen LogP contribution >= 0.6 is 0 Å². The van der Waals surface area contributed by atoms with Gasteiger partial charge in [-0.2, -0.15) is 0 Å². The average molecular weight is 259 g/mol. The summed E-state index contributed by atoms with van der Waals surface area (Å²) in [5.41, 5.74) is 1.24. The van der Waals surface area contributed by atoms with Crippen LogP contribution in [-0.2, 0) is 6.42 Å². The molecule has 0 radical (unpaired) electrons. The lowest BCUT2D eigenvalue weighted by Crippen LogP contribution is -2.18. The summed E-state index contributed by atoms with van der Waals surface area (Å²) >= 11 is 0. The van der Waals surface area contributed by atoms with E-state index in [1.807, 2.05) is 6.07 Å². The molecule has 0 amide bonds. The Morgan fingerprint density at radius 3 is 2.42 bits per heavy atom. The number of phenolic OH excluding ortho intramolecular Hbond substituents is 2. The van der Waals surface area contributed by atoms with Crippen molar-refractivity contribution in [2.45, 2.75) is 26.2 Å². The van der Waals surface area contributed by atoms with Crippen molar-refractivity contribution in [3.05, 3.63) is 35.9 Å². The maximum Gasteiger partial charge on any atom is 0.158 e. The quantitative estimate of drug-likeness (QED) is 0.551. The van der Waals surface area contributed by atoms with Crippen LogP contribution in [-0.4, -0.2) is 23.3 Å². The molecule has 3 nitrogen and oxygen atoms in total. The number of unbranched alkanes of at least 4 members (excludes halogenated alkanes) is 1. The fourth-order valence-electron chi connectivity index (χ4n) is 2.14. The molecule has 3 heteroatoms. The molecule has 0 fully saturated rings. The molecule has 19 heavy (non-hydrogen) atoms. The van der Waals surface area contributed by atoms with Gasteiger partial charge in [0.05, 0.1) is 0 Å². The van der Waals surface area contributed by atoms with E-state index in [9.17, 15) is 10.2 Å². The Morgan fingerprint density at radius 2 is 1.68 bits per heavy atom. The van der Waals surface area contributed by atoms with Gasteiger partial charge in [0.15, 0.2) is 11.5 Å². The van der Waals surface area contributed by atoms with Gasteiger partial charge in [-0.15, -0.1) is 0 Å². The summed E-state index contributed by atoms with van der Waals surface area (Å²) in [6.07, 6.45) is 3.40. The van der Waals surface area contributed by atoms with E-state index < -0.39 is 0 Å². The molecule has 0 aliphatic heterocycles. The Morgan fingerprint density at radius 1 is 0.947 bits per heavy atom. The first kappa shape index (κ1) is 13.7. The third-order valence-corrected chi connectivity index (χ3v) is 3.30. The molecule has 0 atom stereocenters. The Hall–Kier alpha value is -1.74. The van der Waals surface area contributed by atoms with Gasteiger partial charge in [0.2, 0.25) is 0 Å². The Kier molecular flexibility index (Phi) is 4.63. The fraction of sp³-hybridized carbons (Fsp3) is 0.375. The van der Waals surface area contributed by atoms with Crippen LogP contribution < -0.4 is 5.32 Å². The summed E-state index contributed by atoms with van der Waals surface area (Å²) in [7, 11) is 0. The van der Waals surface area contributed by atoms with Crippen molar-refractivity contribution in [1.82, 2.24) is 5.32 Å².